The number of hydrogen-bond acceptors (Lipinski definition) is 4. The summed E-state index contributed by atoms with van der Waals surface area (Å²) in [5.41, 5.74) is 5.72. The molecule has 1 rings (SSSR count). The van der Waals surface area contributed by atoms with Crippen LogP contribution in [0, 0.1) is 0 Å². The van der Waals surface area contributed by atoms with Crippen LogP contribution in [0.5, 0.6) is 0 Å². The van der Waals surface area contributed by atoms with Crippen molar-refractivity contribution in [1.82, 2.24) is 15.1 Å². The largest absolute Gasteiger partial charge is 0.401 e. The minimum Gasteiger partial charge on any atom is -0.379 e. The third-order valence-corrected chi connectivity index (χ3v) is 3.49. The average molecular weight is 339 g/mol. The van der Waals surface area contributed by atoms with Gasteiger partial charge in [0.05, 0.1) is 19.8 Å². The van der Waals surface area contributed by atoms with Crippen LogP contribution >= 0.6 is 0 Å². The Morgan fingerprint density at radius 2 is 2.00 bits per heavy atom. The van der Waals surface area contributed by atoms with E-state index in [-0.39, 0.29) is 0 Å². The Kier molecular flexibility index (Phi) is 9.27. The summed E-state index contributed by atoms with van der Waals surface area (Å²) >= 11 is 0. The lowest BCUT2D eigenvalue weighted by atomic mass is 10.3. The van der Waals surface area contributed by atoms with Crippen molar-refractivity contribution in [2.45, 2.75) is 19.0 Å². The highest BCUT2D eigenvalue weighted by atomic mass is 19.4. The normalized spacial score (nSPS) is 17.7. The maximum absolute atomic E-state index is 12.1. The summed E-state index contributed by atoms with van der Waals surface area (Å²) < 4.78 is 41.7. The number of ether oxygens (including phenoxy) is 1. The second-order valence-corrected chi connectivity index (χ2v) is 5.71. The average Bonchev–Trinajstić information content (AvgIpc) is 2.47. The van der Waals surface area contributed by atoms with E-state index in [0.717, 1.165) is 45.8 Å². The standard InChI is InChI=1S/C14H28F3N5O/c1-21(12-14(15,16)17)6-2-4-19-13(18)20-5-3-7-22-8-10-23-11-9-22/h2-12H2,1H3,(H3,18,19,20). The zero-order valence-corrected chi connectivity index (χ0v) is 13.7. The maximum Gasteiger partial charge on any atom is 0.401 e. The Balaban J connectivity index is 2.01. The summed E-state index contributed by atoms with van der Waals surface area (Å²) in [5, 5.41) is 3.02. The molecular weight excluding hydrogens is 311 g/mol. The molecule has 0 atom stereocenters. The Labute approximate surface area is 135 Å². The van der Waals surface area contributed by atoms with Crippen molar-refractivity contribution in [2.75, 3.05) is 66.1 Å². The molecular formula is C14H28F3N5O. The molecule has 0 aromatic carbocycles. The van der Waals surface area contributed by atoms with E-state index in [9.17, 15) is 13.2 Å². The molecule has 0 radical (unpaired) electrons. The third kappa shape index (κ3) is 11.2. The Hall–Kier alpha value is -1.06. The number of halogens is 3. The molecule has 0 spiro atoms. The second kappa shape index (κ2) is 10.7. The van der Waals surface area contributed by atoms with E-state index in [4.69, 9.17) is 10.5 Å². The zero-order valence-electron chi connectivity index (χ0n) is 13.7. The highest BCUT2D eigenvalue weighted by Crippen LogP contribution is 2.15. The molecule has 0 aromatic heterocycles. The van der Waals surface area contributed by atoms with Crippen molar-refractivity contribution in [1.29, 1.82) is 0 Å². The van der Waals surface area contributed by atoms with Gasteiger partial charge in [0.2, 0.25) is 0 Å². The van der Waals surface area contributed by atoms with Crippen LogP contribution < -0.4 is 11.1 Å². The molecule has 1 saturated heterocycles. The fourth-order valence-corrected chi connectivity index (χ4v) is 2.33. The first-order valence-electron chi connectivity index (χ1n) is 7.96. The first kappa shape index (κ1) is 20.0. The van der Waals surface area contributed by atoms with Crippen molar-refractivity contribution in [3.05, 3.63) is 0 Å². The van der Waals surface area contributed by atoms with Gasteiger partial charge in [-0.25, -0.2) is 0 Å². The zero-order chi connectivity index (χ0) is 17.1. The van der Waals surface area contributed by atoms with Gasteiger partial charge in [-0.1, -0.05) is 0 Å². The van der Waals surface area contributed by atoms with Crippen LogP contribution in [0.3, 0.4) is 0 Å². The van der Waals surface area contributed by atoms with Crippen LogP contribution in [0.1, 0.15) is 12.8 Å². The number of hydrogen-bond donors (Lipinski definition) is 2. The van der Waals surface area contributed by atoms with Gasteiger partial charge in [-0.2, -0.15) is 13.2 Å². The topological polar surface area (TPSA) is 66.1 Å². The molecule has 0 unspecified atom stereocenters. The van der Waals surface area contributed by atoms with Gasteiger partial charge in [0.15, 0.2) is 5.96 Å². The highest BCUT2D eigenvalue weighted by molar-refractivity contribution is 5.77. The first-order chi connectivity index (χ1) is 10.9. The van der Waals surface area contributed by atoms with Crippen molar-refractivity contribution in [2.24, 2.45) is 10.7 Å². The van der Waals surface area contributed by atoms with Gasteiger partial charge in [0.25, 0.3) is 0 Å². The molecule has 1 fully saturated rings. The number of morpholine rings is 1. The smallest absolute Gasteiger partial charge is 0.379 e. The van der Waals surface area contributed by atoms with Gasteiger partial charge in [-0.15, -0.1) is 0 Å². The van der Waals surface area contributed by atoms with Gasteiger partial charge < -0.3 is 15.8 Å². The number of nitrogens with two attached hydrogens (primary N) is 1. The predicted molar refractivity (Wildman–Crippen MR) is 84.5 cm³/mol. The Morgan fingerprint density at radius 1 is 1.30 bits per heavy atom. The third-order valence-electron chi connectivity index (χ3n) is 3.49. The second-order valence-electron chi connectivity index (χ2n) is 5.71. The van der Waals surface area contributed by atoms with Gasteiger partial charge in [-0.05, 0) is 33.0 Å². The summed E-state index contributed by atoms with van der Waals surface area (Å²) in [6.07, 6.45) is -2.65. The summed E-state index contributed by atoms with van der Waals surface area (Å²) in [5.74, 6) is 0.352. The SMILES string of the molecule is CN(CCCN=C(N)NCCCN1CCOCC1)CC(F)(F)F. The van der Waals surface area contributed by atoms with E-state index in [0.29, 0.717) is 25.5 Å². The molecule has 0 amide bonds. The number of alkyl halides is 3. The van der Waals surface area contributed by atoms with Crippen LogP contribution in [0.15, 0.2) is 4.99 Å². The fraction of sp³-hybridized carbons (Fsp3) is 0.929. The molecule has 9 heteroatoms. The number of aliphatic imine (C=N–C) groups is 1. The van der Waals surface area contributed by atoms with Crippen molar-refractivity contribution in [3.63, 3.8) is 0 Å². The predicted octanol–water partition coefficient (Wildman–Crippen LogP) is 0.497. The van der Waals surface area contributed by atoms with E-state index < -0.39 is 12.7 Å². The summed E-state index contributed by atoms with van der Waals surface area (Å²) in [6.45, 7) is 5.11. The van der Waals surface area contributed by atoms with Crippen LogP contribution in [0.2, 0.25) is 0 Å². The van der Waals surface area contributed by atoms with Crippen LogP contribution in [-0.4, -0.2) is 88.0 Å². The van der Waals surface area contributed by atoms with E-state index >= 15 is 0 Å². The van der Waals surface area contributed by atoms with Crippen LogP contribution in [-0.2, 0) is 4.74 Å². The molecule has 0 aromatic rings. The van der Waals surface area contributed by atoms with Gasteiger partial charge in [0.1, 0.15) is 0 Å². The van der Waals surface area contributed by atoms with Crippen molar-refractivity contribution >= 4 is 5.96 Å². The molecule has 6 nitrogen and oxygen atoms in total. The van der Waals surface area contributed by atoms with Crippen molar-refractivity contribution < 1.29 is 17.9 Å². The molecule has 1 aliphatic rings. The molecule has 3 N–H and O–H groups in total. The maximum atomic E-state index is 12.1. The molecule has 0 aliphatic carbocycles. The minimum atomic E-state index is -4.15. The monoisotopic (exact) mass is 339 g/mol. The first-order valence-corrected chi connectivity index (χ1v) is 7.96. The number of nitrogens with one attached hydrogen (secondary N) is 1. The summed E-state index contributed by atoms with van der Waals surface area (Å²) in [4.78, 5) is 7.70. The molecule has 1 heterocycles. The molecule has 1 aliphatic heterocycles. The lowest BCUT2D eigenvalue weighted by molar-refractivity contribution is -0.143. The molecule has 0 bridgehead atoms. The van der Waals surface area contributed by atoms with E-state index in [1.54, 1.807) is 0 Å². The van der Waals surface area contributed by atoms with E-state index in [1.807, 2.05) is 0 Å². The number of rotatable bonds is 9. The lowest BCUT2D eigenvalue weighted by Gasteiger charge is -2.26. The fourth-order valence-electron chi connectivity index (χ4n) is 2.33. The molecule has 23 heavy (non-hydrogen) atoms. The highest BCUT2D eigenvalue weighted by Gasteiger charge is 2.28. The summed E-state index contributed by atoms with van der Waals surface area (Å²) in [7, 11) is 1.45. The quantitative estimate of drug-likeness (QED) is 0.364. The van der Waals surface area contributed by atoms with E-state index in [2.05, 4.69) is 15.2 Å². The Bertz CT molecular complexity index is 346. The lowest BCUT2D eigenvalue weighted by Crippen LogP contribution is -2.39. The van der Waals surface area contributed by atoms with Crippen LogP contribution in [0.4, 0.5) is 13.2 Å². The minimum absolute atomic E-state index is 0.341. The van der Waals surface area contributed by atoms with Crippen molar-refractivity contribution in [3.8, 4) is 0 Å². The summed E-state index contributed by atoms with van der Waals surface area (Å²) in [6, 6.07) is 0. The van der Waals surface area contributed by atoms with Gasteiger partial charge in [-0.3, -0.25) is 14.8 Å². The van der Waals surface area contributed by atoms with Gasteiger partial charge >= 0.3 is 6.18 Å². The van der Waals surface area contributed by atoms with E-state index in [1.165, 1.54) is 11.9 Å². The van der Waals surface area contributed by atoms with Gasteiger partial charge in [0, 0.05) is 26.2 Å². The molecule has 136 valence electrons. The number of guanidine groups is 1. The van der Waals surface area contributed by atoms with Crippen LogP contribution in [0.25, 0.3) is 0 Å². The Morgan fingerprint density at radius 3 is 2.65 bits per heavy atom. The number of nitrogens with zero attached hydrogens (tertiary/aromatic N) is 3. The molecule has 0 saturated carbocycles.